The fraction of sp³-hybridized carbons (Fsp3) is 0.625. The summed E-state index contributed by atoms with van der Waals surface area (Å²) in [6, 6.07) is 3.62. The lowest BCUT2D eigenvalue weighted by Crippen LogP contribution is -2.47. The van der Waals surface area contributed by atoms with Gasteiger partial charge in [0.05, 0.1) is 0 Å². The fourth-order valence-electron chi connectivity index (χ4n) is 4.41. The molecule has 0 amide bonds. The van der Waals surface area contributed by atoms with Crippen molar-refractivity contribution in [3.8, 4) is 0 Å². The number of carboxylic acids is 1. The standard InChI is InChI=1S/C16H23ClN2O2/c1-15(2)7-9(18)8-16(3,4)13(15)10-5-6-11(17)19-12(10)14(20)21/h5-6,9,13H,7-8,18H2,1-4H3,(H,20,21). The van der Waals surface area contributed by atoms with Crippen LogP contribution >= 0.6 is 11.6 Å². The summed E-state index contributed by atoms with van der Waals surface area (Å²) >= 11 is 5.87. The first-order chi connectivity index (χ1) is 9.54. The molecule has 1 aromatic heterocycles. The van der Waals surface area contributed by atoms with Gasteiger partial charge in [-0.3, -0.25) is 0 Å². The molecule has 4 nitrogen and oxygen atoms in total. The van der Waals surface area contributed by atoms with Gasteiger partial charge >= 0.3 is 5.97 Å². The highest BCUT2D eigenvalue weighted by molar-refractivity contribution is 6.29. The SMILES string of the molecule is CC1(C)CC(N)CC(C)(C)C1c1ccc(Cl)nc1C(=O)O. The first kappa shape index (κ1) is 16.2. The third-order valence-electron chi connectivity index (χ3n) is 4.55. The van der Waals surface area contributed by atoms with Gasteiger partial charge in [0.2, 0.25) is 0 Å². The molecule has 1 heterocycles. The van der Waals surface area contributed by atoms with Crippen molar-refractivity contribution in [2.24, 2.45) is 16.6 Å². The third-order valence-corrected chi connectivity index (χ3v) is 4.76. The first-order valence-electron chi connectivity index (χ1n) is 7.20. The second-order valence-corrected chi connectivity index (χ2v) is 7.84. The largest absolute Gasteiger partial charge is 0.477 e. The van der Waals surface area contributed by atoms with Gasteiger partial charge in [-0.05, 0) is 41.2 Å². The summed E-state index contributed by atoms with van der Waals surface area (Å²) in [6.07, 6.45) is 1.73. The van der Waals surface area contributed by atoms with Crippen molar-refractivity contribution in [3.05, 3.63) is 28.5 Å². The molecule has 1 aliphatic rings. The summed E-state index contributed by atoms with van der Waals surface area (Å²) in [5.41, 5.74) is 6.82. The van der Waals surface area contributed by atoms with E-state index in [1.807, 2.05) is 6.07 Å². The van der Waals surface area contributed by atoms with Crippen molar-refractivity contribution < 1.29 is 9.90 Å². The van der Waals surface area contributed by atoms with Crippen molar-refractivity contribution in [2.75, 3.05) is 0 Å². The Morgan fingerprint density at radius 1 is 1.29 bits per heavy atom. The summed E-state index contributed by atoms with van der Waals surface area (Å²) in [4.78, 5) is 15.6. The zero-order valence-corrected chi connectivity index (χ0v) is 13.7. The molecule has 1 saturated carbocycles. The minimum atomic E-state index is -1.03. The van der Waals surface area contributed by atoms with E-state index in [2.05, 4.69) is 32.7 Å². The monoisotopic (exact) mass is 310 g/mol. The molecule has 2 rings (SSSR count). The number of carbonyl (C=O) groups is 1. The smallest absolute Gasteiger partial charge is 0.354 e. The van der Waals surface area contributed by atoms with Crippen molar-refractivity contribution in [1.82, 2.24) is 4.98 Å². The zero-order valence-electron chi connectivity index (χ0n) is 13.0. The average molecular weight is 311 g/mol. The van der Waals surface area contributed by atoms with E-state index in [1.165, 1.54) is 0 Å². The van der Waals surface area contributed by atoms with E-state index in [0.29, 0.717) is 0 Å². The third kappa shape index (κ3) is 3.06. The van der Waals surface area contributed by atoms with Crippen LogP contribution in [0.4, 0.5) is 0 Å². The minimum absolute atomic E-state index is 0.0594. The molecule has 0 bridgehead atoms. The molecular weight excluding hydrogens is 288 g/mol. The Kier molecular flexibility index (Phi) is 4.06. The summed E-state index contributed by atoms with van der Waals surface area (Å²) in [5.74, 6) is -0.963. The van der Waals surface area contributed by atoms with Crippen molar-refractivity contribution in [2.45, 2.75) is 52.5 Å². The number of aromatic carboxylic acids is 1. The lowest BCUT2D eigenvalue weighted by molar-refractivity contribution is 0.0551. The van der Waals surface area contributed by atoms with Gasteiger partial charge in [-0.25, -0.2) is 9.78 Å². The van der Waals surface area contributed by atoms with Gasteiger partial charge in [0, 0.05) is 6.04 Å². The fourth-order valence-corrected chi connectivity index (χ4v) is 4.56. The van der Waals surface area contributed by atoms with E-state index in [4.69, 9.17) is 17.3 Å². The van der Waals surface area contributed by atoms with Crippen LogP contribution in [0.1, 0.15) is 62.5 Å². The molecule has 0 saturated heterocycles. The highest BCUT2D eigenvalue weighted by atomic mass is 35.5. The highest BCUT2D eigenvalue weighted by Crippen LogP contribution is 2.56. The molecule has 5 heteroatoms. The van der Waals surface area contributed by atoms with Gasteiger partial charge in [0.1, 0.15) is 5.15 Å². The number of carboxylic acid groups (broad SMARTS) is 1. The van der Waals surface area contributed by atoms with Crippen LogP contribution in [0.15, 0.2) is 12.1 Å². The molecule has 3 N–H and O–H groups in total. The van der Waals surface area contributed by atoms with E-state index in [9.17, 15) is 9.90 Å². The molecule has 0 unspecified atom stereocenters. The zero-order chi connectivity index (χ0) is 16.0. The highest BCUT2D eigenvalue weighted by Gasteiger charge is 2.48. The van der Waals surface area contributed by atoms with Gasteiger partial charge in [-0.15, -0.1) is 0 Å². The summed E-state index contributed by atoms with van der Waals surface area (Å²) in [6.45, 7) is 8.61. The Bertz CT molecular complexity index is 551. The predicted molar refractivity (Wildman–Crippen MR) is 83.7 cm³/mol. The van der Waals surface area contributed by atoms with Gasteiger partial charge in [-0.1, -0.05) is 45.4 Å². The Morgan fingerprint density at radius 2 is 1.81 bits per heavy atom. The topological polar surface area (TPSA) is 76.2 Å². The Hall–Kier alpha value is -1.13. The Balaban J connectivity index is 2.60. The molecule has 21 heavy (non-hydrogen) atoms. The summed E-state index contributed by atoms with van der Waals surface area (Å²) < 4.78 is 0. The lowest BCUT2D eigenvalue weighted by Gasteiger charge is -2.52. The van der Waals surface area contributed by atoms with Crippen LogP contribution in [0.2, 0.25) is 5.15 Å². The van der Waals surface area contributed by atoms with Crippen LogP contribution in [0.3, 0.4) is 0 Å². The maximum Gasteiger partial charge on any atom is 0.354 e. The average Bonchev–Trinajstić information content (AvgIpc) is 2.27. The van der Waals surface area contributed by atoms with E-state index in [-0.39, 0.29) is 33.6 Å². The van der Waals surface area contributed by atoms with Gasteiger partial charge < -0.3 is 10.8 Å². The Morgan fingerprint density at radius 3 is 2.29 bits per heavy atom. The summed E-state index contributed by atoms with van der Waals surface area (Å²) in [5, 5.41) is 9.67. The molecule has 1 aliphatic carbocycles. The molecule has 0 atom stereocenters. The van der Waals surface area contributed by atoms with Crippen molar-refractivity contribution in [3.63, 3.8) is 0 Å². The molecule has 1 aromatic rings. The number of hydrogen-bond acceptors (Lipinski definition) is 3. The van der Waals surface area contributed by atoms with E-state index in [1.54, 1.807) is 6.07 Å². The Labute approximate surface area is 130 Å². The van der Waals surface area contributed by atoms with Gasteiger partial charge in [0.15, 0.2) is 5.69 Å². The van der Waals surface area contributed by atoms with Gasteiger partial charge in [-0.2, -0.15) is 0 Å². The molecule has 0 aromatic carbocycles. The minimum Gasteiger partial charge on any atom is -0.477 e. The normalized spacial score (nSPS) is 27.3. The molecule has 0 spiro atoms. The molecule has 0 radical (unpaired) electrons. The van der Waals surface area contributed by atoms with Crippen LogP contribution in [0.5, 0.6) is 0 Å². The number of pyridine rings is 1. The van der Waals surface area contributed by atoms with E-state index >= 15 is 0 Å². The number of halogens is 1. The second-order valence-electron chi connectivity index (χ2n) is 7.46. The predicted octanol–water partition coefficient (Wildman–Crippen LogP) is 3.69. The lowest BCUT2D eigenvalue weighted by atomic mass is 9.54. The van der Waals surface area contributed by atoms with E-state index in [0.717, 1.165) is 18.4 Å². The maximum atomic E-state index is 11.6. The first-order valence-corrected chi connectivity index (χ1v) is 7.58. The van der Waals surface area contributed by atoms with Crippen LogP contribution in [-0.2, 0) is 0 Å². The number of aromatic nitrogens is 1. The number of hydrogen-bond donors (Lipinski definition) is 2. The number of nitrogens with two attached hydrogens (primary N) is 1. The molecule has 0 aliphatic heterocycles. The summed E-state index contributed by atoms with van der Waals surface area (Å²) in [7, 11) is 0. The quantitative estimate of drug-likeness (QED) is 0.817. The van der Waals surface area contributed by atoms with E-state index < -0.39 is 5.97 Å². The maximum absolute atomic E-state index is 11.6. The van der Waals surface area contributed by atoms with Crippen LogP contribution in [0.25, 0.3) is 0 Å². The van der Waals surface area contributed by atoms with Crippen molar-refractivity contribution in [1.29, 1.82) is 0 Å². The number of rotatable bonds is 2. The molecular formula is C16H23ClN2O2. The van der Waals surface area contributed by atoms with Crippen LogP contribution in [0, 0.1) is 10.8 Å². The van der Waals surface area contributed by atoms with Crippen molar-refractivity contribution >= 4 is 17.6 Å². The second kappa shape index (κ2) is 5.25. The van der Waals surface area contributed by atoms with Gasteiger partial charge in [0.25, 0.3) is 0 Å². The molecule has 1 fully saturated rings. The number of nitrogens with zero attached hydrogens (tertiary/aromatic N) is 1. The van der Waals surface area contributed by atoms with Crippen LogP contribution < -0.4 is 5.73 Å². The van der Waals surface area contributed by atoms with Crippen LogP contribution in [-0.4, -0.2) is 22.1 Å². The molecule has 116 valence electrons.